The van der Waals surface area contributed by atoms with Crippen molar-refractivity contribution in [1.29, 1.82) is 0 Å². The van der Waals surface area contributed by atoms with Gasteiger partial charge in [0.05, 0.1) is 0 Å². The first-order valence-corrected chi connectivity index (χ1v) is 7.79. The zero-order chi connectivity index (χ0) is 13.5. The number of nitrogens with one attached hydrogen (secondary N) is 1. The summed E-state index contributed by atoms with van der Waals surface area (Å²) in [7, 11) is 0. The Labute approximate surface area is 120 Å². The number of carbonyl (C=O) groups excluding carboxylic acids is 1. The van der Waals surface area contributed by atoms with Gasteiger partial charge in [0.25, 0.3) is 5.91 Å². The van der Waals surface area contributed by atoms with Crippen LogP contribution in [0.15, 0.2) is 24.3 Å². The minimum Gasteiger partial charge on any atom is -0.349 e. The molecule has 3 heteroatoms. The van der Waals surface area contributed by atoms with Gasteiger partial charge in [0.1, 0.15) is 0 Å². The first kappa shape index (κ1) is 14.4. The molecule has 1 aromatic carbocycles. The van der Waals surface area contributed by atoms with E-state index < -0.39 is 0 Å². The number of hydrogen-bond donors (Lipinski definition) is 1. The van der Waals surface area contributed by atoms with Crippen LogP contribution in [0.3, 0.4) is 0 Å². The van der Waals surface area contributed by atoms with Gasteiger partial charge in [0, 0.05) is 17.5 Å². The minimum absolute atomic E-state index is 0.0479. The third-order valence-electron chi connectivity index (χ3n) is 3.81. The minimum atomic E-state index is 0.0479. The largest absolute Gasteiger partial charge is 0.349 e. The fourth-order valence-corrected chi connectivity index (χ4v) is 2.79. The summed E-state index contributed by atoms with van der Waals surface area (Å²) in [6.07, 6.45) is 8.65. The van der Waals surface area contributed by atoms with E-state index in [1.807, 2.05) is 24.3 Å². The topological polar surface area (TPSA) is 29.1 Å². The first-order chi connectivity index (χ1) is 9.29. The molecule has 0 unspecified atom stereocenters. The summed E-state index contributed by atoms with van der Waals surface area (Å²) < 4.78 is 0. The van der Waals surface area contributed by atoms with Crippen LogP contribution in [0.1, 0.15) is 60.9 Å². The fraction of sp³-hybridized carbons (Fsp3) is 0.562. The lowest BCUT2D eigenvalue weighted by atomic mass is 9.96. The summed E-state index contributed by atoms with van der Waals surface area (Å²) in [6.45, 7) is 0. The van der Waals surface area contributed by atoms with Crippen molar-refractivity contribution in [3.05, 3.63) is 35.4 Å². The Balaban J connectivity index is 1.91. The second-order valence-electron chi connectivity index (χ2n) is 5.35. The number of benzene rings is 1. The lowest BCUT2D eigenvalue weighted by molar-refractivity contribution is 0.0930. The van der Waals surface area contributed by atoms with Crippen molar-refractivity contribution in [2.75, 3.05) is 0 Å². The van der Waals surface area contributed by atoms with Gasteiger partial charge in [-0.15, -0.1) is 11.6 Å². The predicted molar refractivity (Wildman–Crippen MR) is 79.6 cm³/mol. The zero-order valence-corrected chi connectivity index (χ0v) is 12.1. The van der Waals surface area contributed by atoms with Gasteiger partial charge in [-0.3, -0.25) is 4.79 Å². The molecule has 1 aliphatic rings. The second kappa shape index (κ2) is 7.54. The summed E-state index contributed by atoms with van der Waals surface area (Å²) in [5.74, 6) is 0.538. The molecule has 0 saturated heterocycles. The van der Waals surface area contributed by atoms with Crippen molar-refractivity contribution >= 4 is 17.5 Å². The molecule has 1 amide bonds. The number of rotatable bonds is 3. The molecule has 2 rings (SSSR count). The number of carbonyl (C=O) groups is 1. The molecule has 2 nitrogen and oxygen atoms in total. The Morgan fingerprint density at radius 1 is 1.05 bits per heavy atom. The number of amides is 1. The molecule has 1 aromatic rings. The number of hydrogen-bond acceptors (Lipinski definition) is 1. The van der Waals surface area contributed by atoms with Gasteiger partial charge in [-0.05, 0) is 30.5 Å². The molecule has 1 aliphatic carbocycles. The highest BCUT2D eigenvalue weighted by Gasteiger charge is 2.14. The van der Waals surface area contributed by atoms with Crippen LogP contribution in [-0.4, -0.2) is 11.9 Å². The maximum Gasteiger partial charge on any atom is 0.251 e. The van der Waals surface area contributed by atoms with Crippen LogP contribution < -0.4 is 5.32 Å². The van der Waals surface area contributed by atoms with Gasteiger partial charge < -0.3 is 5.32 Å². The van der Waals surface area contributed by atoms with E-state index in [4.69, 9.17) is 11.6 Å². The van der Waals surface area contributed by atoms with Crippen molar-refractivity contribution in [3.8, 4) is 0 Å². The SMILES string of the molecule is O=C(NC1CCCCCCC1)c1ccc(CCl)cc1. The maximum absolute atomic E-state index is 12.2. The third-order valence-corrected chi connectivity index (χ3v) is 4.12. The van der Waals surface area contributed by atoms with Crippen molar-refractivity contribution in [3.63, 3.8) is 0 Å². The number of alkyl halides is 1. The third kappa shape index (κ3) is 4.54. The fourth-order valence-electron chi connectivity index (χ4n) is 2.61. The Hall–Kier alpha value is -1.02. The molecular weight excluding hydrogens is 258 g/mol. The zero-order valence-electron chi connectivity index (χ0n) is 11.3. The van der Waals surface area contributed by atoms with E-state index in [0.717, 1.165) is 24.0 Å². The van der Waals surface area contributed by atoms with E-state index in [1.54, 1.807) is 0 Å². The lowest BCUT2D eigenvalue weighted by Crippen LogP contribution is -2.35. The van der Waals surface area contributed by atoms with Gasteiger partial charge in [-0.1, -0.05) is 44.2 Å². The highest BCUT2D eigenvalue weighted by Crippen LogP contribution is 2.17. The van der Waals surface area contributed by atoms with Crippen molar-refractivity contribution < 1.29 is 4.79 Å². The summed E-state index contributed by atoms with van der Waals surface area (Å²) in [6, 6.07) is 7.90. The van der Waals surface area contributed by atoms with Crippen molar-refractivity contribution in [1.82, 2.24) is 5.32 Å². The molecular formula is C16H22ClNO. The highest BCUT2D eigenvalue weighted by atomic mass is 35.5. The number of halogens is 1. The average Bonchev–Trinajstić information content (AvgIpc) is 2.41. The first-order valence-electron chi connectivity index (χ1n) is 7.25. The van der Waals surface area contributed by atoms with Crippen molar-refractivity contribution in [2.45, 2.75) is 56.9 Å². The molecule has 0 aliphatic heterocycles. The monoisotopic (exact) mass is 279 g/mol. The van der Waals surface area contributed by atoms with Gasteiger partial charge >= 0.3 is 0 Å². The van der Waals surface area contributed by atoms with Crippen LogP contribution in [0.2, 0.25) is 0 Å². The van der Waals surface area contributed by atoms with Crippen LogP contribution in [0.4, 0.5) is 0 Å². The second-order valence-corrected chi connectivity index (χ2v) is 5.61. The Bertz CT molecular complexity index is 394. The predicted octanol–water partition coefficient (Wildman–Crippen LogP) is 4.27. The molecule has 0 atom stereocenters. The van der Waals surface area contributed by atoms with E-state index in [9.17, 15) is 4.79 Å². The van der Waals surface area contributed by atoms with Crippen LogP contribution >= 0.6 is 11.6 Å². The molecule has 0 aromatic heterocycles. The summed E-state index contributed by atoms with van der Waals surface area (Å²) in [4.78, 5) is 12.2. The van der Waals surface area contributed by atoms with Crippen LogP contribution in [0, 0.1) is 0 Å². The highest BCUT2D eigenvalue weighted by molar-refractivity contribution is 6.17. The lowest BCUT2D eigenvalue weighted by Gasteiger charge is -2.21. The van der Waals surface area contributed by atoms with Crippen LogP contribution in [0.25, 0.3) is 0 Å². The molecule has 0 spiro atoms. The molecule has 1 N–H and O–H groups in total. The molecule has 0 radical (unpaired) electrons. The van der Waals surface area contributed by atoms with Gasteiger partial charge in [-0.25, -0.2) is 0 Å². The Morgan fingerprint density at radius 3 is 2.21 bits per heavy atom. The van der Waals surface area contributed by atoms with E-state index in [1.165, 1.54) is 32.1 Å². The quantitative estimate of drug-likeness (QED) is 0.823. The van der Waals surface area contributed by atoms with Crippen LogP contribution in [0.5, 0.6) is 0 Å². The van der Waals surface area contributed by atoms with E-state index in [2.05, 4.69) is 5.32 Å². The van der Waals surface area contributed by atoms with E-state index in [-0.39, 0.29) is 5.91 Å². The molecule has 0 bridgehead atoms. The van der Waals surface area contributed by atoms with Gasteiger partial charge in [-0.2, -0.15) is 0 Å². The van der Waals surface area contributed by atoms with Gasteiger partial charge in [0.15, 0.2) is 0 Å². The normalized spacial score (nSPS) is 17.5. The summed E-state index contributed by atoms with van der Waals surface area (Å²) >= 11 is 5.75. The average molecular weight is 280 g/mol. The maximum atomic E-state index is 12.2. The summed E-state index contributed by atoms with van der Waals surface area (Å²) in [5.41, 5.74) is 1.78. The molecule has 19 heavy (non-hydrogen) atoms. The smallest absolute Gasteiger partial charge is 0.251 e. The molecule has 104 valence electrons. The van der Waals surface area contributed by atoms with Crippen molar-refractivity contribution in [2.24, 2.45) is 0 Å². The molecule has 0 heterocycles. The van der Waals surface area contributed by atoms with Gasteiger partial charge in [0.2, 0.25) is 0 Å². The van der Waals surface area contributed by atoms with E-state index >= 15 is 0 Å². The standard InChI is InChI=1S/C16H22ClNO/c17-12-13-8-10-14(11-9-13)16(19)18-15-6-4-2-1-3-5-7-15/h8-11,15H,1-7,12H2,(H,18,19). The molecule has 1 fully saturated rings. The summed E-state index contributed by atoms with van der Waals surface area (Å²) in [5, 5.41) is 3.17. The Kier molecular flexibility index (Phi) is 5.71. The Morgan fingerprint density at radius 2 is 1.63 bits per heavy atom. The molecule has 1 saturated carbocycles. The van der Waals surface area contributed by atoms with E-state index in [0.29, 0.717) is 11.9 Å². The van der Waals surface area contributed by atoms with Crippen LogP contribution in [-0.2, 0) is 5.88 Å².